The normalized spacial score (nSPS) is 11.6. The fourth-order valence-corrected chi connectivity index (χ4v) is 7.74. The van der Waals surface area contributed by atoms with Crippen molar-refractivity contribution in [1.82, 2.24) is 0 Å². The van der Waals surface area contributed by atoms with E-state index in [9.17, 15) is 0 Å². The van der Waals surface area contributed by atoms with Gasteiger partial charge >= 0.3 is 0 Å². The van der Waals surface area contributed by atoms with Gasteiger partial charge < -0.3 is 9.32 Å². The molecule has 1 aromatic heterocycles. The van der Waals surface area contributed by atoms with Gasteiger partial charge in [-0.1, -0.05) is 152 Å². The summed E-state index contributed by atoms with van der Waals surface area (Å²) < 4.78 is 6.67. The molecule has 50 heavy (non-hydrogen) atoms. The van der Waals surface area contributed by atoms with Gasteiger partial charge in [0.1, 0.15) is 11.2 Å². The molecule has 234 valence electrons. The molecule has 0 N–H and O–H groups in total. The van der Waals surface area contributed by atoms with Crippen LogP contribution in [-0.4, -0.2) is 0 Å². The average Bonchev–Trinajstić information content (AvgIpc) is 3.59. The smallest absolute Gasteiger partial charge is 0.145 e. The molecule has 0 unspecified atom stereocenters. The molecule has 0 aliphatic heterocycles. The van der Waals surface area contributed by atoms with Gasteiger partial charge in [0.15, 0.2) is 0 Å². The van der Waals surface area contributed by atoms with Crippen molar-refractivity contribution in [3.05, 3.63) is 188 Å². The lowest BCUT2D eigenvalue weighted by atomic mass is 9.93. The topological polar surface area (TPSA) is 16.4 Å². The van der Waals surface area contributed by atoms with Crippen LogP contribution in [-0.2, 0) is 0 Å². The van der Waals surface area contributed by atoms with Gasteiger partial charge in [-0.15, -0.1) is 0 Å². The van der Waals surface area contributed by atoms with Gasteiger partial charge in [0.2, 0.25) is 0 Å². The van der Waals surface area contributed by atoms with E-state index in [1.165, 1.54) is 38.2 Å². The van der Waals surface area contributed by atoms with E-state index in [1.54, 1.807) is 0 Å². The van der Waals surface area contributed by atoms with Crippen molar-refractivity contribution in [3.8, 4) is 22.3 Å². The first kappa shape index (κ1) is 28.4. The van der Waals surface area contributed by atoms with Gasteiger partial charge in [-0.3, -0.25) is 0 Å². The number of fused-ring (bicyclic) bond motifs is 8. The van der Waals surface area contributed by atoms with Gasteiger partial charge in [-0.25, -0.2) is 0 Å². The molecule has 0 saturated heterocycles. The highest BCUT2D eigenvalue weighted by Gasteiger charge is 2.24. The Morgan fingerprint density at radius 2 is 0.940 bits per heavy atom. The highest BCUT2D eigenvalue weighted by atomic mass is 16.3. The van der Waals surface area contributed by atoms with Crippen molar-refractivity contribution in [2.75, 3.05) is 4.90 Å². The van der Waals surface area contributed by atoms with Gasteiger partial charge in [0, 0.05) is 22.0 Å². The number of benzene rings is 9. The number of rotatable bonds is 5. The Balaban J connectivity index is 1.25. The standard InChI is InChI=1S/C48H31NO/c1-2-14-32(15-3-1)38-19-10-12-24-44(38)49(45-31-35-17-5-7-20-39(35)48-47(45)42-23-11-13-25-46(42)50-48)36-28-26-33(27-29-36)43-30-34-16-4-6-18-37(34)40-21-8-9-22-41(40)43/h1-31H. The molecular formula is C48H31NO. The van der Waals surface area contributed by atoms with Crippen molar-refractivity contribution >= 4 is 71.3 Å². The molecule has 0 amide bonds. The van der Waals surface area contributed by atoms with Crippen LogP contribution in [0.4, 0.5) is 17.1 Å². The Morgan fingerprint density at radius 1 is 0.360 bits per heavy atom. The quantitative estimate of drug-likeness (QED) is 0.175. The zero-order valence-corrected chi connectivity index (χ0v) is 27.3. The molecule has 0 radical (unpaired) electrons. The van der Waals surface area contributed by atoms with Crippen molar-refractivity contribution in [3.63, 3.8) is 0 Å². The first-order valence-corrected chi connectivity index (χ1v) is 17.1. The summed E-state index contributed by atoms with van der Waals surface area (Å²) in [4.78, 5) is 2.42. The van der Waals surface area contributed by atoms with Crippen molar-refractivity contribution in [2.24, 2.45) is 0 Å². The minimum Gasteiger partial charge on any atom is -0.455 e. The lowest BCUT2D eigenvalue weighted by molar-refractivity contribution is 0.672. The second-order valence-electron chi connectivity index (χ2n) is 12.9. The van der Waals surface area contributed by atoms with E-state index in [0.29, 0.717) is 0 Å². The van der Waals surface area contributed by atoms with Crippen LogP contribution in [0.25, 0.3) is 76.5 Å². The van der Waals surface area contributed by atoms with Crippen molar-refractivity contribution < 1.29 is 4.42 Å². The fraction of sp³-hybridized carbons (Fsp3) is 0. The number of nitrogens with zero attached hydrogens (tertiary/aromatic N) is 1. The van der Waals surface area contributed by atoms with Gasteiger partial charge in [0.25, 0.3) is 0 Å². The van der Waals surface area contributed by atoms with Crippen LogP contribution < -0.4 is 4.90 Å². The van der Waals surface area contributed by atoms with Crippen LogP contribution in [0, 0.1) is 0 Å². The molecule has 1 heterocycles. The highest BCUT2D eigenvalue weighted by Crippen LogP contribution is 2.48. The molecule has 10 aromatic rings. The minimum absolute atomic E-state index is 0.884. The fourth-order valence-electron chi connectivity index (χ4n) is 7.74. The van der Waals surface area contributed by atoms with Crippen LogP contribution in [0.2, 0.25) is 0 Å². The Labute approximate surface area is 290 Å². The van der Waals surface area contributed by atoms with E-state index in [4.69, 9.17) is 4.42 Å². The van der Waals surface area contributed by atoms with Gasteiger partial charge in [0.05, 0.1) is 16.8 Å². The predicted octanol–water partition coefficient (Wildman–Crippen LogP) is 13.8. The van der Waals surface area contributed by atoms with Gasteiger partial charge in [-0.2, -0.15) is 0 Å². The van der Waals surface area contributed by atoms with Gasteiger partial charge in [-0.05, 0) is 80.0 Å². The Hall–Kier alpha value is -6.64. The molecule has 0 aliphatic rings. The second kappa shape index (κ2) is 11.5. The molecule has 0 saturated carbocycles. The summed E-state index contributed by atoms with van der Waals surface area (Å²) in [6.07, 6.45) is 0. The third kappa shape index (κ3) is 4.50. The molecule has 2 nitrogen and oxygen atoms in total. The average molecular weight is 638 g/mol. The summed E-state index contributed by atoms with van der Waals surface area (Å²) in [6.45, 7) is 0. The molecule has 2 heteroatoms. The van der Waals surface area contributed by atoms with Crippen LogP contribution in [0.5, 0.6) is 0 Å². The summed E-state index contributed by atoms with van der Waals surface area (Å²) in [5.74, 6) is 0. The Kier molecular flexibility index (Phi) is 6.53. The van der Waals surface area contributed by atoms with E-state index >= 15 is 0 Å². The molecule has 0 spiro atoms. The second-order valence-corrected chi connectivity index (χ2v) is 12.9. The molecule has 0 bridgehead atoms. The minimum atomic E-state index is 0.884. The SMILES string of the molecule is c1ccc(-c2ccccc2N(c2ccc(-c3cc4ccccc4c4ccccc34)cc2)c2cc3ccccc3c3oc4ccccc4c23)cc1. The molecular weight excluding hydrogens is 607 g/mol. The van der Waals surface area contributed by atoms with Crippen LogP contribution in [0.3, 0.4) is 0 Å². The Bertz CT molecular complexity index is 2870. The highest BCUT2D eigenvalue weighted by molar-refractivity contribution is 6.22. The van der Waals surface area contributed by atoms with Crippen molar-refractivity contribution in [1.29, 1.82) is 0 Å². The lowest BCUT2D eigenvalue weighted by Gasteiger charge is -2.29. The Morgan fingerprint density at radius 3 is 1.74 bits per heavy atom. The van der Waals surface area contributed by atoms with E-state index in [0.717, 1.165) is 55.3 Å². The van der Waals surface area contributed by atoms with Crippen LogP contribution in [0.15, 0.2) is 192 Å². The van der Waals surface area contributed by atoms with E-state index in [-0.39, 0.29) is 0 Å². The predicted molar refractivity (Wildman–Crippen MR) is 212 cm³/mol. The van der Waals surface area contributed by atoms with E-state index in [2.05, 4.69) is 187 Å². The van der Waals surface area contributed by atoms with E-state index in [1.807, 2.05) is 6.07 Å². The molecule has 0 fully saturated rings. The van der Waals surface area contributed by atoms with Crippen LogP contribution >= 0.6 is 0 Å². The maximum Gasteiger partial charge on any atom is 0.145 e. The number of para-hydroxylation sites is 2. The first-order chi connectivity index (χ1) is 24.8. The third-order valence-corrected chi connectivity index (χ3v) is 10.0. The lowest BCUT2D eigenvalue weighted by Crippen LogP contribution is -2.11. The monoisotopic (exact) mass is 637 g/mol. The number of anilines is 3. The summed E-state index contributed by atoms with van der Waals surface area (Å²) >= 11 is 0. The summed E-state index contributed by atoms with van der Waals surface area (Å²) in [6, 6.07) is 67.5. The summed E-state index contributed by atoms with van der Waals surface area (Å²) in [5, 5.41) is 9.50. The summed E-state index contributed by atoms with van der Waals surface area (Å²) in [5.41, 5.74) is 9.79. The molecule has 10 rings (SSSR count). The molecule has 0 atom stereocenters. The van der Waals surface area contributed by atoms with E-state index < -0.39 is 0 Å². The largest absolute Gasteiger partial charge is 0.455 e. The maximum atomic E-state index is 6.67. The third-order valence-electron chi connectivity index (χ3n) is 10.0. The summed E-state index contributed by atoms with van der Waals surface area (Å²) in [7, 11) is 0. The molecule has 9 aromatic carbocycles. The maximum absolute atomic E-state index is 6.67. The number of hydrogen-bond donors (Lipinski definition) is 0. The number of hydrogen-bond acceptors (Lipinski definition) is 2. The molecule has 0 aliphatic carbocycles. The zero-order chi connectivity index (χ0) is 33.0. The zero-order valence-electron chi connectivity index (χ0n) is 27.3. The first-order valence-electron chi connectivity index (χ1n) is 17.1. The van der Waals surface area contributed by atoms with Crippen LogP contribution in [0.1, 0.15) is 0 Å². The number of furan rings is 1. The van der Waals surface area contributed by atoms with Crippen molar-refractivity contribution in [2.45, 2.75) is 0 Å².